The fourth-order valence-electron chi connectivity index (χ4n) is 1.53. The average Bonchev–Trinajstić information content (AvgIpc) is 2.86. The summed E-state index contributed by atoms with van der Waals surface area (Å²) < 4.78 is 27.5. The van der Waals surface area contributed by atoms with Gasteiger partial charge < -0.3 is 5.32 Å². The largest absolute Gasteiger partial charge is 0.301 e. The van der Waals surface area contributed by atoms with Crippen LogP contribution in [0.25, 0.3) is 0 Å². The molecule has 1 aromatic heterocycles. The van der Waals surface area contributed by atoms with Gasteiger partial charge in [-0.05, 0) is 18.6 Å². The summed E-state index contributed by atoms with van der Waals surface area (Å²) in [5.74, 6) is -1.16. The van der Waals surface area contributed by atoms with Gasteiger partial charge in [0.1, 0.15) is 11.6 Å². The summed E-state index contributed by atoms with van der Waals surface area (Å²) in [6, 6.07) is 3.76. The highest BCUT2D eigenvalue weighted by atomic mass is 32.2. The van der Waals surface area contributed by atoms with E-state index in [1.165, 1.54) is 41.3 Å². The van der Waals surface area contributed by atoms with Crippen LogP contribution < -0.4 is 5.32 Å². The normalized spacial score (nSPS) is 10.6. The molecule has 0 bridgehead atoms. The van der Waals surface area contributed by atoms with Crippen molar-refractivity contribution in [1.29, 1.82) is 0 Å². The molecule has 1 aromatic carbocycles. The van der Waals surface area contributed by atoms with E-state index in [2.05, 4.69) is 15.5 Å². The quantitative estimate of drug-likeness (QED) is 0.646. The number of rotatable bonds is 6. The zero-order valence-electron chi connectivity index (χ0n) is 11.2. The Labute approximate surface area is 129 Å². The van der Waals surface area contributed by atoms with Gasteiger partial charge in [0.05, 0.1) is 0 Å². The first-order valence-corrected chi connectivity index (χ1v) is 8.09. The molecule has 2 rings (SSSR count). The Kier molecular flexibility index (Phi) is 5.63. The molecule has 0 unspecified atom stereocenters. The maximum Gasteiger partial charge on any atom is 0.226 e. The minimum atomic E-state index is -0.580. The lowest BCUT2D eigenvalue weighted by atomic mass is 10.2. The molecule has 8 heteroatoms. The highest BCUT2D eigenvalue weighted by molar-refractivity contribution is 8.00. The summed E-state index contributed by atoms with van der Waals surface area (Å²) in [5, 5.41) is 10.7. The summed E-state index contributed by atoms with van der Waals surface area (Å²) in [7, 11) is 0. The highest BCUT2D eigenvalue weighted by Gasteiger charge is 2.12. The van der Waals surface area contributed by atoms with Crippen molar-refractivity contribution in [2.24, 2.45) is 0 Å². The fraction of sp³-hybridized carbons (Fsp3) is 0.308. The third-order valence-electron chi connectivity index (χ3n) is 2.53. The van der Waals surface area contributed by atoms with Crippen LogP contribution in [0.4, 0.5) is 13.9 Å². The zero-order valence-corrected chi connectivity index (χ0v) is 12.9. The number of nitrogens with zero attached hydrogens (tertiary/aromatic N) is 2. The number of halogens is 2. The van der Waals surface area contributed by atoms with Gasteiger partial charge in [0.15, 0.2) is 4.34 Å². The summed E-state index contributed by atoms with van der Waals surface area (Å²) in [6.07, 6.45) is 1.17. The number of hydrogen-bond acceptors (Lipinski definition) is 5. The third kappa shape index (κ3) is 4.47. The van der Waals surface area contributed by atoms with Gasteiger partial charge in [-0.3, -0.25) is 4.79 Å². The van der Waals surface area contributed by atoms with Crippen LogP contribution in [0.3, 0.4) is 0 Å². The van der Waals surface area contributed by atoms with Crippen molar-refractivity contribution in [2.75, 3.05) is 5.32 Å². The topological polar surface area (TPSA) is 54.9 Å². The lowest BCUT2D eigenvalue weighted by Crippen LogP contribution is -2.10. The van der Waals surface area contributed by atoms with Gasteiger partial charge in [0.2, 0.25) is 11.0 Å². The molecule has 1 heterocycles. The van der Waals surface area contributed by atoms with Crippen LogP contribution in [0.15, 0.2) is 22.5 Å². The Morgan fingerprint density at radius 2 is 2.05 bits per heavy atom. The van der Waals surface area contributed by atoms with Crippen LogP contribution >= 0.6 is 23.1 Å². The first kappa shape index (κ1) is 15.8. The first-order valence-electron chi connectivity index (χ1n) is 6.29. The maximum absolute atomic E-state index is 13.5. The molecule has 1 amide bonds. The summed E-state index contributed by atoms with van der Waals surface area (Å²) in [4.78, 5) is 11.4. The molecule has 0 aliphatic carbocycles. The molecular weight excluding hydrogens is 316 g/mol. The Bertz CT molecular complexity index is 613. The minimum Gasteiger partial charge on any atom is -0.301 e. The monoisotopic (exact) mass is 329 g/mol. The number of hydrogen-bond donors (Lipinski definition) is 1. The van der Waals surface area contributed by atoms with Crippen molar-refractivity contribution in [3.8, 4) is 0 Å². The molecule has 112 valence electrons. The van der Waals surface area contributed by atoms with E-state index in [1.807, 2.05) is 6.92 Å². The first-order chi connectivity index (χ1) is 10.1. The van der Waals surface area contributed by atoms with Crippen molar-refractivity contribution < 1.29 is 13.6 Å². The lowest BCUT2D eigenvalue weighted by molar-refractivity contribution is -0.116. The van der Waals surface area contributed by atoms with Crippen molar-refractivity contribution in [1.82, 2.24) is 10.2 Å². The Morgan fingerprint density at radius 1 is 1.33 bits per heavy atom. The molecule has 21 heavy (non-hydrogen) atoms. The molecule has 0 aliphatic rings. The average molecular weight is 329 g/mol. The molecule has 0 fully saturated rings. The fourth-order valence-corrected chi connectivity index (χ4v) is 3.32. The Hall–Kier alpha value is -1.54. The molecule has 0 aliphatic heterocycles. The molecule has 0 atom stereocenters. The number of amides is 1. The van der Waals surface area contributed by atoms with Crippen LogP contribution in [-0.4, -0.2) is 16.1 Å². The molecule has 1 N–H and O–H groups in total. The molecule has 4 nitrogen and oxygen atoms in total. The van der Waals surface area contributed by atoms with Crippen LogP contribution in [-0.2, 0) is 10.5 Å². The Morgan fingerprint density at radius 3 is 2.71 bits per heavy atom. The van der Waals surface area contributed by atoms with Crippen molar-refractivity contribution in [3.63, 3.8) is 0 Å². The molecule has 0 radical (unpaired) electrons. The van der Waals surface area contributed by atoms with E-state index < -0.39 is 11.6 Å². The number of aromatic nitrogens is 2. The SMILES string of the molecule is CCCC(=O)Nc1nnc(SCc2c(F)cccc2F)s1. The van der Waals surface area contributed by atoms with E-state index in [1.54, 1.807) is 0 Å². The van der Waals surface area contributed by atoms with E-state index in [0.29, 0.717) is 15.9 Å². The van der Waals surface area contributed by atoms with Crippen LogP contribution in [0.1, 0.15) is 25.3 Å². The van der Waals surface area contributed by atoms with Crippen LogP contribution in [0.5, 0.6) is 0 Å². The van der Waals surface area contributed by atoms with Gasteiger partial charge in [0, 0.05) is 17.7 Å². The zero-order chi connectivity index (χ0) is 15.2. The number of thioether (sulfide) groups is 1. The second-order valence-corrected chi connectivity index (χ2v) is 6.36. The summed E-state index contributed by atoms with van der Waals surface area (Å²) in [5.41, 5.74) is 0.00858. The Balaban J connectivity index is 1.95. The van der Waals surface area contributed by atoms with Gasteiger partial charge in [-0.15, -0.1) is 10.2 Å². The predicted molar refractivity (Wildman–Crippen MR) is 79.4 cm³/mol. The maximum atomic E-state index is 13.5. The number of carbonyl (C=O) groups is 1. The van der Waals surface area contributed by atoms with Gasteiger partial charge in [-0.1, -0.05) is 36.1 Å². The van der Waals surface area contributed by atoms with Gasteiger partial charge in [0.25, 0.3) is 0 Å². The number of nitrogens with one attached hydrogen (secondary N) is 1. The van der Waals surface area contributed by atoms with Crippen molar-refractivity contribution in [3.05, 3.63) is 35.4 Å². The smallest absolute Gasteiger partial charge is 0.226 e. The highest BCUT2D eigenvalue weighted by Crippen LogP contribution is 2.29. The number of anilines is 1. The standard InChI is InChI=1S/C13H13F2N3OS2/c1-2-4-11(19)16-12-17-18-13(21-12)20-7-8-9(14)5-3-6-10(8)15/h3,5-6H,2,4,7H2,1H3,(H,16,17,19). The van der Waals surface area contributed by atoms with Gasteiger partial charge in [-0.2, -0.15) is 0 Å². The van der Waals surface area contributed by atoms with Crippen molar-refractivity contribution >= 4 is 34.1 Å². The predicted octanol–water partition coefficient (Wildman–Crippen LogP) is 3.85. The molecule has 0 spiro atoms. The van der Waals surface area contributed by atoms with Gasteiger partial charge >= 0.3 is 0 Å². The summed E-state index contributed by atoms with van der Waals surface area (Å²) in [6.45, 7) is 1.91. The molecule has 2 aromatic rings. The van der Waals surface area contributed by atoms with E-state index in [-0.39, 0.29) is 17.2 Å². The second kappa shape index (κ2) is 7.46. The molecule has 0 saturated carbocycles. The van der Waals surface area contributed by atoms with E-state index in [4.69, 9.17) is 0 Å². The second-order valence-electron chi connectivity index (χ2n) is 4.16. The third-order valence-corrected chi connectivity index (χ3v) is 4.53. The lowest BCUT2D eigenvalue weighted by Gasteiger charge is -2.02. The van der Waals surface area contributed by atoms with Gasteiger partial charge in [-0.25, -0.2) is 8.78 Å². The van der Waals surface area contributed by atoms with Crippen LogP contribution in [0.2, 0.25) is 0 Å². The summed E-state index contributed by atoms with van der Waals surface area (Å²) >= 11 is 2.36. The van der Waals surface area contributed by atoms with E-state index in [9.17, 15) is 13.6 Å². The van der Waals surface area contributed by atoms with Crippen molar-refractivity contribution in [2.45, 2.75) is 29.9 Å². The van der Waals surface area contributed by atoms with E-state index >= 15 is 0 Å². The number of carbonyl (C=O) groups excluding carboxylic acids is 1. The molecular formula is C13H13F2N3OS2. The molecule has 0 saturated heterocycles. The van der Waals surface area contributed by atoms with Crippen LogP contribution in [0, 0.1) is 11.6 Å². The number of benzene rings is 1. The van der Waals surface area contributed by atoms with E-state index in [0.717, 1.165) is 6.42 Å². The minimum absolute atomic E-state index is 0.00858.